The van der Waals surface area contributed by atoms with Gasteiger partial charge in [0.25, 0.3) is 0 Å². The molecule has 0 aromatic rings. The molecule has 1 saturated carbocycles. The van der Waals surface area contributed by atoms with Crippen LogP contribution in [0.25, 0.3) is 0 Å². The Labute approximate surface area is 80.4 Å². The second-order valence-electron chi connectivity index (χ2n) is 4.02. The molecule has 1 rings (SSSR count). The molecule has 5 heteroatoms. The fourth-order valence-electron chi connectivity index (χ4n) is 1.92. The average molecular weight is 210 g/mol. The van der Waals surface area contributed by atoms with Crippen LogP contribution in [-0.4, -0.2) is 17.7 Å². The molecule has 0 amide bonds. The molecular weight excluding hydrogens is 197 g/mol. The Morgan fingerprint density at radius 3 is 2.43 bits per heavy atom. The molecule has 0 N–H and O–H groups in total. The third-order valence-electron chi connectivity index (χ3n) is 2.55. The molecular formula is C9H13F3O2. The van der Waals surface area contributed by atoms with Gasteiger partial charge in [0.05, 0.1) is 5.92 Å². The topological polar surface area (TPSA) is 26.3 Å². The van der Waals surface area contributed by atoms with Gasteiger partial charge >= 0.3 is 12.1 Å². The zero-order valence-corrected chi connectivity index (χ0v) is 8.15. The largest absolute Gasteiger partial charge is 0.460 e. The van der Waals surface area contributed by atoms with Gasteiger partial charge in [-0.15, -0.1) is 0 Å². The summed E-state index contributed by atoms with van der Waals surface area (Å²) in [6.07, 6.45) is -3.95. The Morgan fingerprint density at radius 2 is 2.07 bits per heavy atom. The lowest BCUT2D eigenvalue weighted by atomic mass is 10.0. The first-order valence-electron chi connectivity index (χ1n) is 4.49. The van der Waals surface area contributed by atoms with Crippen LogP contribution in [0.3, 0.4) is 0 Å². The molecule has 0 aliphatic heterocycles. The highest BCUT2D eigenvalue weighted by molar-refractivity contribution is 5.66. The molecule has 1 aliphatic carbocycles. The molecule has 0 aromatic heterocycles. The number of hydrogen-bond acceptors (Lipinski definition) is 2. The number of alkyl halides is 3. The first kappa shape index (κ1) is 11.3. The molecule has 0 radical (unpaired) electrons. The molecule has 0 heterocycles. The summed E-state index contributed by atoms with van der Waals surface area (Å²) in [5, 5.41) is 0. The third kappa shape index (κ3) is 2.62. The number of carbonyl (C=O) groups excluding carboxylic acids is 1. The first-order valence-corrected chi connectivity index (χ1v) is 4.49. The zero-order chi connectivity index (χ0) is 11.0. The lowest BCUT2D eigenvalue weighted by molar-refractivity contribution is -0.180. The van der Waals surface area contributed by atoms with Gasteiger partial charge in [-0.25, -0.2) is 0 Å². The second-order valence-corrected chi connectivity index (χ2v) is 4.02. The van der Waals surface area contributed by atoms with Gasteiger partial charge in [0, 0.05) is 6.92 Å². The van der Waals surface area contributed by atoms with Crippen molar-refractivity contribution in [2.75, 3.05) is 0 Å². The summed E-state index contributed by atoms with van der Waals surface area (Å²) in [6, 6.07) is 0. The standard InChI is InChI=1S/C9H13F3O2/c1-6(13)14-8(2)4-3-7(5-8)9(10,11)12/h7H,3-5H2,1-2H3. The van der Waals surface area contributed by atoms with Crippen LogP contribution < -0.4 is 0 Å². The van der Waals surface area contributed by atoms with E-state index >= 15 is 0 Å². The van der Waals surface area contributed by atoms with Crippen LogP contribution in [0.1, 0.15) is 33.1 Å². The molecule has 2 nitrogen and oxygen atoms in total. The van der Waals surface area contributed by atoms with Crippen molar-refractivity contribution in [1.29, 1.82) is 0 Å². The van der Waals surface area contributed by atoms with Crippen molar-refractivity contribution in [3.63, 3.8) is 0 Å². The van der Waals surface area contributed by atoms with E-state index in [9.17, 15) is 18.0 Å². The fraction of sp³-hybridized carbons (Fsp3) is 0.889. The van der Waals surface area contributed by atoms with Crippen LogP contribution in [0.15, 0.2) is 0 Å². The van der Waals surface area contributed by atoms with Gasteiger partial charge < -0.3 is 4.74 Å². The summed E-state index contributed by atoms with van der Waals surface area (Å²) >= 11 is 0. The monoisotopic (exact) mass is 210 g/mol. The first-order chi connectivity index (χ1) is 6.23. The van der Waals surface area contributed by atoms with E-state index in [0.29, 0.717) is 0 Å². The normalized spacial score (nSPS) is 33.1. The summed E-state index contributed by atoms with van der Waals surface area (Å²) in [4.78, 5) is 10.7. The molecule has 1 fully saturated rings. The van der Waals surface area contributed by atoms with Crippen molar-refractivity contribution in [3.8, 4) is 0 Å². The van der Waals surface area contributed by atoms with Gasteiger partial charge in [-0.05, 0) is 26.2 Å². The van der Waals surface area contributed by atoms with E-state index < -0.39 is 23.7 Å². The van der Waals surface area contributed by atoms with Crippen LogP contribution in [0.2, 0.25) is 0 Å². The number of carbonyl (C=O) groups is 1. The lowest BCUT2D eigenvalue weighted by Crippen LogP contribution is -2.30. The SMILES string of the molecule is CC(=O)OC1(C)CCC(C(F)(F)F)C1. The van der Waals surface area contributed by atoms with Gasteiger partial charge in [-0.2, -0.15) is 13.2 Å². The van der Waals surface area contributed by atoms with Crippen LogP contribution in [0.4, 0.5) is 13.2 Å². The molecule has 2 atom stereocenters. The minimum Gasteiger partial charge on any atom is -0.460 e. The van der Waals surface area contributed by atoms with E-state index in [1.54, 1.807) is 6.92 Å². The maximum Gasteiger partial charge on any atom is 0.391 e. The highest BCUT2D eigenvalue weighted by Gasteiger charge is 2.49. The summed E-state index contributed by atoms with van der Waals surface area (Å²) in [6.45, 7) is 2.77. The van der Waals surface area contributed by atoms with Gasteiger partial charge in [-0.3, -0.25) is 4.79 Å². The minimum absolute atomic E-state index is 0.0489. The molecule has 82 valence electrons. The van der Waals surface area contributed by atoms with Crippen molar-refractivity contribution in [2.24, 2.45) is 5.92 Å². The fourth-order valence-corrected chi connectivity index (χ4v) is 1.92. The van der Waals surface area contributed by atoms with Gasteiger partial charge in [0.1, 0.15) is 5.60 Å². The highest BCUT2D eigenvalue weighted by Crippen LogP contribution is 2.45. The van der Waals surface area contributed by atoms with E-state index in [1.165, 1.54) is 6.92 Å². The van der Waals surface area contributed by atoms with Crippen molar-refractivity contribution >= 4 is 5.97 Å². The van der Waals surface area contributed by atoms with Gasteiger partial charge in [0.15, 0.2) is 0 Å². The van der Waals surface area contributed by atoms with E-state index in [2.05, 4.69) is 0 Å². The third-order valence-corrected chi connectivity index (χ3v) is 2.55. The van der Waals surface area contributed by atoms with E-state index in [0.717, 1.165) is 0 Å². The molecule has 0 saturated heterocycles. The Kier molecular flexibility index (Phi) is 2.78. The van der Waals surface area contributed by atoms with Crippen molar-refractivity contribution < 1.29 is 22.7 Å². The average Bonchev–Trinajstić information content (AvgIpc) is 2.28. The quantitative estimate of drug-likeness (QED) is 0.622. The van der Waals surface area contributed by atoms with Crippen LogP contribution >= 0.6 is 0 Å². The Balaban J connectivity index is 2.59. The van der Waals surface area contributed by atoms with Crippen LogP contribution in [0, 0.1) is 5.92 Å². The van der Waals surface area contributed by atoms with Crippen LogP contribution in [-0.2, 0) is 9.53 Å². The molecule has 0 bridgehead atoms. The van der Waals surface area contributed by atoms with Gasteiger partial charge in [0.2, 0.25) is 0 Å². The summed E-state index contributed by atoms with van der Waals surface area (Å²) < 4.78 is 41.8. The minimum atomic E-state index is -4.17. The predicted molar refractivity (Wildman–Crippen MR) is 43.6 cm³/mol. The number of rotatable bonds is 1. The summed E-state index contributed by atoms with van der Waals surface area (Å²) in [7, 11) is 0. The zero-order valence-electron chi connectivity index (χ0n) is 8.15. The smallest absolute Gasteiger partial charge is 0.391 e. The van der Waals surface area contributed by atoms with E-state index in [1.807, 2.05) is 0 Å². The Bertz CT molecular complexity index is 237. The number of ether oxygens (including phenoxy) is 1. The van der Waals surface area contributed by atoms with Crippen molar-refractivity contribution in [2.45, 2.75) is 44.9 Å². The summed E-state index contributed by atoms with van der Waals surface area (Å²) in [5.41, 5.74) is -0.925. The molecule has 1 aliphatic rings. The Morgan fingerprint density at radius 1 is 1.50 bits per heavy atom. The maximum atomic E-state index is 12.3. The number of halogens is 3. The van der Waals surface area contributed by atoms with Crippen LogP contribution in [0.5, 0.6) is 0 Å². The molecule has 2 unspecified atom stereocenters. The van der Waals surface area contributed by atoms with E-state index in [4.69, 9.17) is 4.74 Å². The highest BCUT2D eigenvalue weighted by atomic mass is 19.4. The predicted octanol–water partition coefficient (Wildman–Crippen LogP) is 2.67. The molecule has 14 heavy (non-hydrogen) atoms. The van der Waals surface area contributed by atoms with Gasteiger partial charge in [-0.1, -0.05) is 0 Å². The van der Waals surface area contributed by atoms with E-state index in [-0.39, 0.29) is 19.3 Å². The number of hydrogen-bond donors (Lipinski definition) is 0. The number of esters is 1. The maximum absolute atomic E-state index is 12.3. The molecule has 0 aromatic carbocycles. The molecule has 0 spiro atoms. The van der Waals surface area contributed by atoms with Crippen molar-refractivity contribution in [3.05, 3.63) is 0 Å². The summed E-state index contributed by atoms with van der Waals surface area (Å²) in [5.74, 6) is -1.85. The Hall–Kier alpha value is -0.740. The van der Waals surface area contributed by atoms with Crippen molar-refractivity contribution in [1.82, 2.24) is 0 Å². The second kappa shape index (κ2) is 3.44. The lowest BCUT2D eigenvalue weighted by Gasteiger charge is -2.24.